The maximum Gasteiger partial charge on any atom is 0.349 e. The van der Waals surface area contributed by atoms with Gasteiger partial charge in [-0.05, 0) is 23.6 Å². The number of carbonyl (C=O) groups is 1. The van der Waals surface area contributed by atoms with Crippen LogP contribution in [0.25, 0.3) is 0 Å². The number of carboxylic acids is 1. The molecule has 0 fully saturated rings. The Balaban J connectivity index is 2.08. The fraction of sp³-hybridized carbons (Fsp3) is 0.312. The third-order valence-electron chi connectivity index (χ3n) is 3.04. The minimum atomic E-state index is -0.951. The molecule has 4 nitrogen and oxygen atoms in total. The van der Waals surface area contributed by atoms with Gasteiger partial charge in [0, 0.05) is 4.88 Å². The SMILES string of the molecule is CCCc1cc(OCc2ccc(CO)cc2)c(C(=O)O)s1. The lowest BCUT2D eigenvalue weighted by atomic mass is 10.1. The summed E-state index contributed by atoms with van der Waals surface area (Å²) in [6.45, 7) is 2.38. The van der Waals surface area contributed by atoms with Gasteiger partial charge in [0.1, 0.15) is 12.4 Å². The first-order valence-electron chi connectivity index (χ1n) is 6.81. The van der Waals surface area contributed by atoms with Crippen LogP contribution < -0.4 is 4.74 Å². The zero-order valence-electron chi connectivity index (χ0n) is 11.8. The molecule has 0 aliphatic carbocycles. The molecule has 21 heavy (non-hydrogen) atoms. The number of carboxylic acid groups (broad SMARTS) is 1. The number of thiophene rings is 1. The number of aliphatic hydroxyl groups excluding tert-OH is 1. The molecule has 112 valence electrons. The summed E-state index contributed by atoms with van der Waals surface area (Å²) in [4.78, 5) is 12.5. The van der Waals surface area contributed by atoms with Crippen LogP contribution in [0, 0.1) is 0 Å². The molecule has 5 heteroatoms. The molecule has 1 heterocycles. The van der Waals surface area contributed by atoms with Gasteiger partial charge in [0.2, 0.25) is 0 Å². The number of hydrogen-bond acceptors (Lipinski definition) is 4. The molecule has 2 aromatic rings. The van der Waals surface area contributed by atoms with E-state index >= 15 is 0 Å². The van der Waals surface area contributed by atoms with Gasteiger partial charge in [-0.3, -0.25) is 0 Å². The zero-order chi connectivity index (χ0) is 15.2. The maximum absolute atomic E-state index is 11.2. The Hall–Kier alpha value is -1.85. The molecule has 2 N–H and O–H groups in total. The van der Waals surface area contributed by atoms with Crippen LogP contribution in [0.15, 0.2) is 30.3 Å². The van der Waals surface area contributed by atoms with Crippen LogP contribution in [0.1, 0.15) is 39.0 Å². The van der Waals surface area contributed by atoms with Crippen molar-refractivity contribution >= 4 is 17.3 Å². The predicted octanol–water partition coefficient (Wildman–Crippen LogP) is 3.47. The van der Waals surface area contributed by atoms with E-state index in [0.29, 0.717) is 12.4 Å². The molecule has 0 saturated heterocycles. The second kappa shape index (κ2) is 7.24. The summed E-state index contributed by atoms with van der Waals surface area (Å²) in [7, 11) is 0. The van der Waals surface area contributed by atoms with Crippen LogP contribution in [0.4, 0.5) is 0 Å². The number of hydrogen-bond donors (Lipinski definition) is 2. The smallest absolute Gasteiger partial charge is 0.349 e. The van der Waals surface area contributed by atoms with Crippen molar-refractivity contribution in [2.24, 2.45) is 0 Å². The minimum Gasteiger partial charge on any atom is -0.487 e. The minimum absolute atomic E-state index is 0.00913. The number of aryl methyl sites for hydroxylation is 1. The van der Waals surface area contributed by atoms with Gasteiger partial charge < -0.3 is 14.9 Å². The molecular formula is C16H18O4S. The first-order chi connectivity index (χ1) is 10.1. The molecule has 0 amide bonds. The Morgan fingerprint density at radius 3 is 2.48 bits per heavy atom. The van der Waals surface area contributed by atoms with Gasteiger partial charge in [-0.2, -0.15) is 0 Å². The predicted molar refractivity (Wildman–Crippen MR) is 82.0 cm³/mol. The van der Waals surface area contributed by atoms with Crippen LogP contribution >= 0.6 is 11.3 Å². The van der Waals surface area contributed by atoms with Gasteiger partial charge in [-0.15, -0.1) is 11.3 Å². The van der Waals surface area contributed by atoms with Gasteiger partial charge in [0.05, 0.1) is 6.61 Å². The molecule has 0 aliphatic rings. The Morgan fingerprint density at radius 2 is 1.90 bits per heavy atom. The van der Waals surface area contributed by atoms with E-state index in [2.05, 4.69) is 6.92 Å². The van der Waals surface area contributed by atoms with Crippen molar-refractivity contribution in [1.82, 2.24) is 0 Å². The van der Waals surface area contributed by atoms with Crippen molar-refractivity contribution in [1.29, 1.82) is 0 Å². The Kier molecular flexibility index (Phi) is 5.36. The van der Waals surface area contributed by atoms with Crippen LogP contribution in [-0.4, -0.2) is 16.2 Å². The highest BCUT2D eigenvalue weighted by atomic mass is 32.1. The molecule has 0 atom stereocenters. The van der Waals surface area contributed by atoms with Crippen molar-refractivity contribution in [3.8, 4) is 5.75 Å². The third kappa shape index (κ3) is 4.06. The van der Waals surface area contributed by atoms with E-state index in [1.807, 2.05) is 30.3 Å². The van der Waals surface area contributed by atoms with Crippen LogP contribution in [0.5, 0.6) is 5.75 Å². The fourth-order valence-corrected chi connectivity index (χ4v) is 2.99. The Bertz CT molecular complexity index is 601. The summed E-state index contributed by atoms with van der Waals surface area (Å²) in [5.74, 6) is -0.518. The number of aliphatic hydroxyl groups is 1. The summed E-state index contributed by atoms with van der Waals surface area (Å²) in [6, 6.07) is 9.20. The van der Waals surface area contributed by atoms with E-state index < -0.39 is 5.97 Å². The molecule has 0 spiro atoms. The molecule has 0 bridgehead atoms. The van der Waals surface area contributed by atoms with Crippen molar-refractivity contribution in [3.63, 3.8) is 0 Å². The average molecular weight is 306 g/mol. The summed E-state index contributed by atoms with van der Waals surface area (Å²) < 4.78 is 5.65. The molecule has 0 unspecified atom stereocenters. The second-order valence-electron chi connectivity index (χ2n) is 4.72. The van der Waals surface area contributed by atoms with E-state index in [4.69, 9.17) is 9.84 Å². The van der Waals surface area contributed by atoms with E-state index in [-0.39, 0.29) is 11.5 Å². The topological polar surface area (TPSA) is 66.8 Å². The van der Waals surface area contributed by atoms with Gasteiger partial charge in [-0.25, -0.2) is 4.79 Å². The molecule has 0 saturated carbocycles. The lowest BCUT2D eigenvalue weighted by Crippen LogP contribution is -2.00. The Labute approximate surface area is 127 Å². The van der Waals surface area contributed by atoms with Crippen molar-refractivity contribution in [3.05, 3.63) is 51.2 Å². The van der Waals surface area contributed by atoms with E-state index in [0.717, 1.165) is 28.8 Å². The summed E-state index contributed by atoms with van der Waals surface area (Å²) in [5.41, 5.74) is 1.78. The standard InChI is InChI=1S/C16H18O4S/c1-2-3-13-8-14(15(21-13)16(18)19)20-10-12-6-4-11(9-17)5-7-12/h4-8,17H,2-3,9-10H2,1H3,(H,18,19). The molecule has 1 aromatic heterocycles. The quantitative estimate of drug-likeness (QED) is 0.822. The first-order valence-corrected chi connectivity index (χ1v) is 7.63. The van der Waals surface area contributed by atoms with E-state index in [9.17, 15) is 9.90 Å². The monoisotopic (exact) mass is 306 g/mol. The van der Waals surface area contributed by atoms with E-state index in [1.165, 1.54) is 11.3 Å². The number of rotatable bonds is 7. The third-order valence-corrected chi connectivity index (χ3v) is 4.20. The van der Waals surface area contributed by atoms with Crippen LogP contribution in [-0.2, 0) is 19.6 Å². The second-order valence-corrected chi connectivity index (χ2v) is 5.86. The Morgan fingerprint density at radius 1 is 1.24 bits per heavy atom. The van der Waals surface area contributed by atoms with Gasteiger partial charge in [0.25, 0.3) is 0 Å². The summed E-state index contributed by atoms with van der Waals surface area (Å²) in [5, 5.41) is 18.2. The maximum atomic E-state index is 11.2. The number of ether oxygens (including phenoxy) is 1. The highest BCUT2D eigenvalue weighted by molar-refractivity contribution is 7.14. The van der Waals surface area contributed by atoms with Crippen LogP contribution in [0.3, 0.4) is 0 Å². The zero-order valence-corrected chi connectivity index (χ0v) is 12.7. The highest BCUT2D eigenvalue weighted by Gasteiger charge is 2.16. The van der Waals surface area contributed by atoms with E-state index in [1.54, 1.807) is 0 Å². The average Bonchev–Trinajstić information content (AvgIpc) is 2.89. The molecule has 0 radical (unpaired) electrons. The number of aromatic carboxylic acids is 1. The lowest BCUT2D eigenvalue weighted by molar-refractivity contribution is 0.0697. The molecule has 2 rings (SSSR count). The molecular weight excluding hydrogens is 288 g/mol. The summed E-state index contributed by atoms with van der Waals surface area (Å²) >= 11 is 1.28. The van der Waals surface area contributed by atoms with Crippen molar-refractivity contribution in [2.75, 3.05) is 0 Å². The van der Waals surface area contributed by atoms with Gasteiger partial charge in [-0.1, -0.05) is 37.6 Å². The molecule has 0 aliphatic heterocycles. The fourth-order valence-electron chi connectivity index (χ4n) is 1.95. The van der Waals surface area contributed by atoms with Gasteiger partial charge in [0.15, 0.2) is 4.88 Å². The number of benzene rings is 1. The largest absolute Gasteiger partial charge is 0.487 e. The lowest BCUT2D eigenvalue weighted by Gasteiger charge is -2.06. The van der Waals surface area contributed by atoms with Crippen LogP contribution in [0.2, 0.25) is 0 Å². The van der Waals surface area contributed by atoms with Crippen molar-refractivity contribution < 1.29 is 19.7 Å². The van der Waals surface area contributed by atoms with Crippen molar-refractivity contribution in [2.45, 2.75) is 33.0 Å². The normalized spacial score (nSPS) is 10.6. The first kappa shape index (κ1) is 15.5. The summed E-state index contributed by atoms with van der Waals surface area (Å²) in [6.07, 6.45) is 1.83. The highest BCUT2D eigenvalue weighted by Crippen LogP contribution is 2.31. The van der Waals surface area contributed by atoms with Gasteiger partial charge >= 0.3 is 5.97 Å². The molecule has 1 aromatic carbocycles.